The van der Waals surface area contributed by atoms with E-state index < -0.39 is 11.8 Å². The molecule has 2 rings (SSSR count). The number of carboxylic acid groups (broad SMARTS) is 1. The number of phenols is 1. The summed E-state index contributed by atoms with van der Waals surface area (Å²) in [6.45, 7) is 0. The standard InChI is InChI=1S/C10H7FN2O3/c11-8-3-5(14)1-2-6(8)9-7(10(15)16)4-12-13-9/h1-4,14H,(H,12,13)(H,15,16). The maximum atomic E-state index is 13.5. The van der Waals surface area contributed by atoms with Crippen LogP contribution in [-0.4, -0.2) is 26.4 Å². The summed E-state index contributed by atoms with van der Waals surface area (Å²) in [5, 5.41) is 23.8. The second-order valence-corrected chi connectivity index (χ2v) is 3.13. The molecule has 0 aliphatic carbocycles. The fourth-order valence-electron chi connectivity index (χ4n) is 1.36. The maximum absolute atomic E-state index is 13.5. The van der Waals surface area contributed by atoms with Crippen LogP contribution >= 0.6 is 0 Å². The van der Waals surface area contributed by atoms with Crippen LogP contribution in [0.1, 0.15) is 10.4 Å². The Labute approximate surface area is 89.2 Å². The van der Waals surface area contributed by atoms with Crippen molar-refractivity contribution in [2.24, 2.45) is 0 Å². The number of rotatable bonds is 2. The molecule has 0 saturated heterocycles. The van der Waals surface area contributed by atoms with E-state index in [1.54, 1.807) is 0 Å². The van der Waals surface area contributed by atoms with Crippen molar-refractivity contribution in [2.45, 2.75) is 0 Å². The molecule has 5 nitrogen and oxygen atoms in total. The van der Waals surface area contributed by atoms with Crippen LogP contribution in [0.15, 0.2) is 24.4 Å². The average Bonchev–Trinajstić information content (AvgIpc) is 2.66. The van der Waals surface area contributed by atoms with Crippen molar-refractivity contribution in [1.29, 1.82) is 0 Å². The van der Waals surface area contributed by atoms with Gasteiger partial charge in [0.2, 0.25) is 0 Å². The van der Waals surface area contributed by atoms with Gasteiger partial charge in [-0.1, -0.05) is 0 Å². The van der Waals surface area contributed by atoms with E-state index in [9.17, 15) is 9.18 Å². The Morgan fingerprint density at radius 1 is 1.44 bits per heavy atom. The third-order valence-electron chi connectivity index (χ3n) is 2.09. The van der Waals surface area contributed by atoms with E-state index >= 15 is 0 Å². The summed E-state index contributed by atoms with van der Waals surface area (Å²) in [5.74, 6) is -2.14. The number of aromatic amines is 1. The lowest BCUT2D eigenvalue weighted by molar-refractivity contribution is 0.0698. The zero-order chi connectivity index (χ0) is 11.7. The largest absolute Gasteiger partial charge is 0.508 e. The Morgan fingerprint density at radius 2 is 2.19 bits per heavy atom. The first-order valence-electron chi connectivity index (χ1n) is 4.35. The predicted molar refractivity (Wildman–Crippen MR) is 52.6 cm³/mol. The second kappa shape index (κ2) is 3.65. The molecule has 3 N–H and O–H groups in total. The van der Waals surface area contributed by atoms with Gasteiger partial charge < -0.3 is 10.2 Å². The number of aromatic nitrogens is 2. The van der Waals surface area contributed by atoms with Crippen molar-refractivity contribution >= 4 is 5.97 Å². The summed E-state index contributed by atoms with van der Waals surface area (Å²) in [5.41, 5.74) is 0.00212. The van der Waals surface area contributed by atoms with Crippen LogP contribution in [-0.2, 0) is 0 Å². The van der Waals surface area contributed by atoms with Gasteiger partial charge in [-0.25, -0.2) is 9.18 Å². The molecule has 0 atom stereocenters. The Bertz CT molecular complexity index is 551. The first-order valence-corrected chi connectivity index (χ1v) is 4.35. The van der Waals surface area contributed by atoms with E-state index in [0.717, 1.165) is 12.3 Å². The number of nitrogens with zero attached hydrogens (tertiary/aromatic N) is 1. The van der Waals surface area contributed by atoms with Gasteiger partial charge in [0.15, 0.2) is 0 Å². The molecular weight excluding hydrogens is 215 g/mol. The molecule has 2 aromatic rings. The van der Waals surface area contributed by atoms with Gasteiger partial charge >= 0.3 is 5.97 Å². The van der Waals surface area contributed by atoms with E-state index in [2.05, 4.69) is 10.2 Å². The predicted octanol–water partition coefficient (Wildman–Crippen LogP) is 1.62. The Kier molecular flexibility index (Phi) is 2.32. The van der Waals surface area contributed by atoms with Gasteiger partial charge in [0.25, 0.3) is 0 Å². The van der Waals surface area contributed by atoms with E-state index in [4.69, 9.17) is 10.2 Å². The summed E-state index contributed by atoms with van der Waals surface area (Å²) < 4.78 is 13.5. The molecular formula is C10H7FN2O3. The molecule has 0 aliphatic rings. The Morgan fingerprint density at radius 3 is 2.81 bits per heavy atom. The van der Waals surface area contributed by atoms with Crippen LogP contribution in [0, 0.1) is 5.82 Å². The van der Waals surface area contributed by atoms with Crippen molar-refractivity contribution < 1.29 is 19.4 Å². The number of H-pyrrole nitrogens is 1. The summed E-state index contributed by atoms with van der Waals surface area (Å²) in [4.78, 5) is 10.8. The van der Waals surface area contributed by atoms with Crippen molar-refractivity contribution in [3.63, 3.8) is 0 Å². The van der Waals surface area contributed by atoms with Gasteiger partial charge in [0.05, 0.1) is 11.9 Å². The molecule has 0 unspecified atom stereocenters. The highest BCUT2D eigenvalue weighted by Gasteiger charge is 2.17. The number of hydrogen-bond donors (Lipinski definition) is 3. The molecule has 1 heterocycles. The summed E-state index contributed by atoms with van der Waals surface area (Å²) >= 11 is 0. The normalized spacial score (nSPS) is 10.3. The highest BCUT2D eigenvalue weighted by Crippen LogP contribution is 2.26. The third-order valence-corrected chi connectivity index (χ3v) is 2.09. The number of carbonyl (C=O) groups is 1. The molecule has 1 aromatic carbocycles. The average molecular weight is 222 g/mol. The Balaban J connectivity index is 2.59. The number of halogens is 1. The minimum absolute atomic E-state index is 0.0488. The Hall–Kier alpha value is -2.37. The smallest absolute Gasteiger partial charge is 0.339 e. The first-order chi connectivity index (χ1) is 7.59. The molecule has 0 radical (unpaired) electrons. The molecule has 6 heteroatoms. The van der Waals surface area contributed by atoms with Crippen LogP contribution in [0.5, 0.6) is 5.75 Å². The lowest BCUT2D eigenvalue weighted by atomic mass is 10.1. The second-order valence-electron chi connectivity index (χ2n) is 3.13. The topological polar surface area (TPSA) is 86.2 Å². The highest BCUT2D eigenvalue weighted by atomic mass is 19.1. The van der Waals surface area contributed by atoms with Crippen LogP contribution in [0.3, 0.4) is 0 Å². The molecule has 0 spiro atoms. The minimum Gasteiger partial charge on any atom is -0.508 e. The fourth-order valence-corrected chi connectivity index (χ4v) is 1.36. The summed E-state index contributed by atoms with van der Waals surface area (Å²) in [6, 6.07) is 3.46. The maximum Gasteiger partial charge on any atom is 0.339 e. The zero-order valence-electron chi connectivity index (χ0n) is 7.94. The lowest BCUT2D eigenvalue weighted by Gasteiger charge is -2.02. The molecule has 16 heavy (non-hydrogen) atoms. The van der Waals surface area contributed by atoms with Gasteiger partial charge in [0, 0.05) is 11.6 Å². The number of carboxylic acids is 1. The van der Waals surface area contributed by atoms with Gasteiger partial charge in [-0.2, -0.15) is 5.10 Å². The van der Waals surface area contributed by atoms with Crippen LogP contribution in [0.25, 0.3) is 11.3 Å². The SMILES string of the molecule is O=C(O)c1cn[nH]c1-c1ccc(O)cc1F. The summed E-state index contributed by atoms with van der Waals surface area (Å²) in [6.07, 6.45) is 1.10. The minimum atomic E-state index is -1.20. The molecule has 0 fully saturated rings. The van der Waals surface area contributed by atoms with Crippen LogP contribution < -0.4 is 0 Å². The van der Waals surface area contributed by atoms with Crippen molar-refractivity contribution in [3.8, 4) is 17.0 Å². The van der Waals surface area contributed by atoms with Crippen LogP contribution in [0.4, 0.5) is 4.39 Å². The van der Waals surface area contributed by atoms with Crippen molar-refractivity contribution in [3.05, 3.63) is 35.8 Å². The van der Waals surface area contributed by atoms with Gasteiger partial charge in [0.1, 0.15) is 17.1 Å². The molecule has 0 aliphatic heterocycles. The zero-order valence-corrected chi connectivity index (χ0v) is 7.94. The number of hydrogen-bond acceptors (Lipinski definition) is 3. The third kappa shape index (κ3) is 1.60. The number of benzene rings is 1. The van der Waals surface area contributed by atoms with Gasteiger partial charge in [-0.15, -0.1) is 0 Å². The van der Waals surface area contributed by atoms with Crippen LogP contribution in [0.2, 0.25) is 0 Å². The lowest BCUT2D eigenvalue weighted by Crippen LogP contribution is -1.97. The van der Waals surface area contributed by atoms with E-state index in [1.807, 2.05) is 0 Å². The molecule has 0 saturated carbocycles. The fraction of sp³-hybridized carbons (Fsp3) is 0. The first kappa shape index (κ1) is 10.2. The monoisotopic (exact) mass is 222 g/mol. The molecule has 82 valence electrons. The van der Waals surface area contributed by atoms with Gasteiger partial charge in [-0.05, 0) is 12.1 Å². The van der Waals surface area contributed by atoms with Crippen molar-refractivity contribution in [2.75, 3.05) is 0 Å². The molecule has 0 amide bonds. The molecule has 0 bridgehead atoms. The van der Waals surface area contributed by atoms with E-state index in [-0.39, 0.29) is 22.6 Å². The number of nitrogens with one attached hydrogen (secondary N) is 1. The summed E-state index contributed by atoms with van der Waals surface area (Å²) in [7, 11) is 0. The number of aromatic carboxylic acids is 1. The quantitative estimate of drug-likeness (QED) is 0.720. The molecule has 1 aromatic heterocycles. The van der Waals surface area contributed by atoms with E-state index in [0.29, 0.717) is 0 Å². The number of aromatic hydroxyl groups is 1. The highest BCUT2D eigenvalue weighted by molar-refractivity contribution is 5.94. The van der Waals surface area contributed by atoms with Crippen molar-refractivity contribution in [1.82, 2.24) is 10.2 Å². The van der Waals surface area contributed by atoms with E-state index in [1.165, 1.54) is 12.1 Å². The number of phenolic OH excluding ortho intramolecular Hbond substituents is 1. The van der Waals surface area contributed by atoms with Gasteiger partial charge in [-0.3, -0.25) is 5.10 Å².